The molecule has 2 amide bonds. The first-order valence-corrected chi connectivity index (χ1v) is 23.5. The van der Waals surface area contributed by atoms with Gasteiger partial charge in [-0.15, -0.1) is 32.9 Å². The summed E-state index contributed by atoms with van der Waals surface area (Å²) in [6.07, 6.45) is 9.99. The Balaban J connectivity index is 0.777. The van der Waals surface area contributed by atoms with Crippen molar-refractivity contribution in [2.24, 2.45) is 10.2 Å². The Labute approximate surface area is 384 Å². The highest BCUT2D eigenvalue weighted by Crippen LogP contribution is 2.30. The molecule has 0 atom stereocenters. The van der Waals surface area contributed by atoms with Gasteiger partial charge in [0.05, 0.1) is 17.0 Å². The first-order valence-electron chi connectivity index (χ1n) is 21.8. The molecule has 3 aromatic carbocycles. The molecule has 0 aliphatic heterocycles. The van der Waals surface area contributed by atoms with Crippen molar-refractivity contribution in [2.45, 2.75) is 45.6 Å². The summed E-state index contributed by atoms with van der Waals surface area (Å²) in [6, 6.07) is 28.9. The number of thiazole rings is 2. The summed E-state index contributed by atoms with van der Waals surface area (Å²) in [6.45, 7) is 6.84. The van der Waals surface area contributed by atoms with Crippen LogP contribution in [0.4, 0.5) is 16.5 Å². The second-order valence-electron chi connectivity index (χ2n) is 15.3. The van der Waals surface area contributed by atoms with Crippen LogP contribution in [0.15, 0.2) is 135 Å². The number of hydrogen-bond acceptors (Lipinski definition) is 12. The second kappa shape index (κ2) is 22.0. The molecule has 65 heavy (non-hydrogen) atoms. The number of rotatable bonds is 22. The Morgan fingerprint density at radius 3 is 2.40 bits per heavy atom. The summed E-state index contributed by atoms with van der Waals surface area (Å²) >= 11 is 2.64. The van der Waals surface area contributed by atoms with E-state index in [1.54, 1.807) is 29.9 Å². The molecular formula is C48H50N12O3S2. The molecule has 0 aliphatic carbocycles. The van der Waals surface area contributed by atoms with Gasteiger partial charge >= 0.3 is 5.56 Å². The Morgan fingerprint density at radius 1 is 0.785 bits per heavy atom. The third-order valence-corrected chi connectivity index (χ3v) is 12.2. The molecule has 8 aromatic rings. The van der Waals surface area contributed by atoms with Crippen LogP contribution < -0.4 is 26.8 Å². The molecule has 0 spiro atoms. The van der Waals surface area contributed by atoms with Crippen molar-refractivity contribution in [3.8, 4) is 27.6 Å². The third kappa shape index (κ3) is 11.5. The van der Waals surface area contributed by atoms with E-state index < -0.39 is 0 Å². The van der Waals surface area contributed by atoms with Crippen molar-refractivity contribution in [1.29, 1.82) is 0 Å². The van der Waals surface area contributed by atoms with Crippen molar-refractivity contribution < 1.29 is 9.59 Å². The van der Waals surface area contributed by atoms with Crippen LogP contribution in [0.1, 0.15) is 58.9 Å². The number of carbonyl (C=O) groups excluding carboxylic acids is 2. The zero-order valence-corrected chi connectivity index (χ0v) is 37.6. The Morgan fingerprint density at radius 2 is 1.60 bits per heavy atom. The maximum Gasteiger partial charge on any atom is 0.301 e. The lowest BCUT2D eigenvalue weighted by Crippen LogP contribution is -2.25. The van der Waals surface area contributed by atoms with Gasteiger partial charge in [0.1, 0.15) is 5.65 Å². The molecule has 0 saturated heterocycles. The standard InChI is InChI=1S/C48H50N12O3S2/c1-2-3-21-49-24-25-50-39-17-11-33(12-18-39)19-23-52-45(62)38-30-37-20-28-59(43(37)54-31-38)27-8-7-22-51-44(61)36-15-13-34(14-16-36)40-32-65-48(55-40)60-46(63)42(56-57-47-53-26-29-64-47)41(58-60)35-9-5-4-6-10-35/h4-6,9-18,20,26,28-32,49-50,58H,2-3,7-8,19,21-25,27H2,1H3,(H,51,61)(H,52,62). The van der Waals surface area contributed by atoms with Crippen LogP contribution in [-0.4, -0.2) is 73.8 Å². The predicted octanol–water partition coefficient (Wildman–Crippen LogP) is 9.16. The number of hydrogen-bond donors (Lipinski definition) is 5. The van der Waals surface area contributed by atoms with Gasteiger partial charge < -0.3 is 25.8 Å². The molecule has 332 valence electrons. The van der Waals surface area contributed by atoms with Crippen LogP contribution in [0, 0.1) is 0 Å². The minimum atomic E-state index is -0.384. The van der Waals surface area contributed by atoms with Gasteiger partial charge in [-0.3, -0.25) is 19.5 Å². The van der Waals surface area contributed by atoms with Gasteiger partial charge in [-0.2, -0.15) is 4.68 Å². The van der Waals surface area contributed by atoms with Crippen molar-refractivity contribution in [2.75, 3.05) is 38.0 Å². The predicted molar refractivity (Wildman–Crippen MR) is 259 cm³/mol. The van der Waals surface area contributed by atoms with E-state index >= 15 is 0 Å². The normalized spacial score (nSPS) is 11.4. The number of carbonyl (C=O) groups is 2. The third-order valence-electron chi connectivity index (χ3n) is 10.7. The number of aryl methyl sites for hydroxylation is 1. The van der Waals surface area contributed by atoms with E-state index in [0.717, 1.165) is 78.9 Å². The first kappa shape index (κ1) is 44.5. The largest absolute Gasteiger partial charge is 0.384 e. The highest BCUT2D eigenvalue weighted by molar-refractivity contribution is 7.13. The van der Waals surface area contributed by atoms with Crippen molar-refractivity contribution in [3.63, 3.8) is 0 Å². The van der Waals surface area contributed by atoms with Crippen LogP contribution >= 0.6 is 22.7 Å². The van der Waals surface area contributed by atoms with Gasteiger partial charge in [-0.05, 0) is 74.2 Å². The molecule has 5 heterocycles. The maximum atomic E-state index is 13.6. The van der Waals surface area contributed by atoms with Gasteiger partial charge in [0.15, 0.2) is 5.69 Å². The molecular weight excluding hydrogens is 857 g/mol. The summed E-state index contributed by atoms with van der Waals surface area (Å²) in [5.41, 5.74) is 6.69. The summed E-state index contributed by atoms with van der Waals surface area (Å²) in [7, 11) is 0. The van der Waals surface area contributed by atoms with Crippen LogP contribution in [0.5, 0.6) is 0 Å². The zero-order chi connectivity index (χ0) is 44.8. The lowest BCUT2D eigenvalue weighted by Gasteiger charge is -2.09. The fourth-order valence-electron chi connectivity index (χ4n) is 7.14. The SMILES string of the molecule is CCCCNCCNc1ccc(CCNC(=O)c2cnc3c(ccn3CCCCNC(=O)c3ccc(-c4csc(-n5[nH]c(-c6ccccc6)c(N=Nc6nccs6)c5=O)n4)cc3)c2)cc1. The smallest absolute Gasteiger partial charge is 0.301 e. The summed E-state index contributed by atoms with van der Waals surface area (Å²) < 4.78 is 3.45. The monoisotopic (exact) mass is 906 g/mol. The Kier molecular flexibility index (Phi) is 15.1. The van der Waals surface area contributed by atoms with Gasteiger partial charge in [0.2, 0.25) is 10.3 Å². The fraction of sp³-hybridized carbons (Fsp3) is 0.250. The average molecular weight is 907 g/mol. The summed E-state index contributed by atoms with van der Waals surface area (Å²) in [4.78, 5) is 53.1. The Bertz CT molecular complexity index is 2880. The number of aromatic nitrogens is 6. The average Bonchev–Trinajstić information content (AvgIpc) is 4.18. The number of benzene rings is 3. The number of pyridine rings is 1. The number of H-pyrrole nitrogens is 1. The highest BCUT2D eigenvalue weighted by Gasteiger charge is 2.20. The zero-order valence-electron chi connectivity index (χ0n) is 36.0. The molecule has 5 aromatic heterocycles. The molecule has 0 radical (unpaired) electrons. The molecule has 0 fully saturated rings. The minimum absolute atomic E-state index is 0.144. The molecule has 17 heteroatoms. The first-order chi connectivity index (χ1) is 31.9. The number of aromatic amines is 1. The molecule has 15 nitrogen and oxygen atoms in total. The van der Waals surface area contributed by atoms with Crippen LogP contribution in [0.25, 0.3) is 38.7 Å². The Hall–Kier alpha value is -7.08. The summed E-state index contributed by atoms with van der Waals surface area (Å²) in [5, 5.41) is 30.0. The van der Waals surface area contributed by atoms with Crippen molar-refractivity contribution >= 4 is 62.0 Å². The molecule has 0 aliphatic rings. The minimum Gasteiger partial charge on any atom is -0.384 e. The van der Waals surface area contributed by atoms with Gasteiger partial charge in [0.25, 0.3) is 11.8 Å². The van der Waals surface area contributed by atoms with Crippen LogP contribution in [0.2, 0.25) is 0 Å². The fourth-order valence-corrected chi connectivity index (χ4v) is 8.38. The second-order valence-corrected chi connectivity index (χ2v) is 17.0. The lowest BCUT2D eigenvalue weighted by molar-refractivity contribution is 0.0945. The number of nitrogens with one attached hydrogen (secondary N) is 5. The number of anilines is 1. The van der Waals surface area contributed by atoms with Gasteiger partial charge in [-0.25, -0.2) is 15.0 Å². The number of azo groups is 1. The van der Waals surface area contributed by atoms with E-state index in [4.69, 9.17) is 4.98 Å². The summed E-state index contributed by atoms with van der Waals surface area (Å²) in [5.74, 6) is -0.304. The van der Waals surface area contributed by atoms with Crippen molar-refractivity contribution in [3.05, 3.63) is 147 Å². The van der Waals surface area contributed by atoms with Gasteiger partial charge in [-0.1, -0.05) is 67.9 Å². The number of unbranched alkanes of at least 4 members (excludes halogenated alkanes) is 2. The lowest BCUT2D eigenvalue weighted by atomic mass is 10.1. The molecule has 8 rings (SSSR count). The quantitative estimate of drug-likeness (QED) is 0.0329. The number of amides is 2. The van der Waals surface area contributed by atoms with E-state index in [9.17, 15) is 14.4 Å². The van der Waals surface area contributed by atoms with Gasteiger partial charge in [0, 0.05) is 89.8 Å². The highest BCUT2D eigenvalue weighted by atomic mass is 32.1. The van der Waals surface area contributed by atoms with E-state index in [-0.39, 0.29) is 23.1 Å². The van der Waals surface area contributed by atoms with E-state index in [1.807, 2.05) is 66.2 Å². The maximum absolute atomic E-state index is 13.6. The van der Waals surface area contributed by atoms with E-state index in [0.29, 0.717) is 45.9 Å². The molecule has 0 unspecified atom stereocenters. The van der Waals surface area contributed by atoms with Crippen LogP contribution in [0.3, 0.4) is 0 Å². The number of fused-ring (bicyclic) bond motifs is 1. The molecule has 0 bridgehead atoms. The molecule has 5 N–H and O–H groups in total. The topological polar surface area (TPSA) is 188 Å². The number of nitrogens with zero attached hydrogens (tertiary/aromatic N) is 7. The van der Waals surface area contributed by atoms with Crippen molar-refractivity contribution in [1.82, 2.24) is 45.2 Å². The van der Waals surface area contributed by atoms with E-state index in [2.05, 4.69) is 82.3 Å². The molecule has 0 saturated carbocycles. The van der Waals surface area contributed by atoms with E-state index in [1.165, 1.54) is 40.2 Å². The van der Waals surface area contributed by atoms with Crippen LogP contribution in [-0.2, 0) is 13.0 Å².